The molecule has 0 spiro atoms. The fourth-order valence-corrected chi connectivity index (χ4v) is 3.23. The number of hydrogen-bond donors (Lipinski definition) is 1. The highest BCUT2D eigenvalue weighted by Gasteiger charge is 2.20. The lowest BCUT2D eigenvalue weighted by molar-refractivity contribution is 0.135. The van der Waals surface area contributed by atoms with Gasteiger partial charge < -0.3 is 15.0 Å². The van der Waals surface area contributed by atoms with E-state index in [0.717, 1.165) is 50.5 Å². The molecule has 1 heterocycles. The fourth-order valence-electron chi connectivity index (χ4n) is 3.23. The summed E-state index contributed by atoms with van der Waals surface area (Å²) >= 11 is 0. The van der Waals surface area contributed by atoms with E-state index >= 15 is 0 Å². The zero-order valence-electron chi connectivity index (χ0n) is 16.1. The van der Waals surface area contributed by atoms with Gasteiger partial charge in [0, 0.05) is 39.3 Å². The SMILES string of the molecule is Cc1ccccc1OCCCNC(=O)N1CCN(Cc2ccccc2)CC1. The Morgan fingerprint density at radius 2 is 1.70 bits per heavy atom. The predicted molar refractivity (Wildman–Crippen MR) is 108 cm³/mol. The topological polar surface area (TPSA) is 44.8 Å². The molecule has 1 aliphatic rings. The van der Waals surface area contributed by atoms with Gasteiger partial charge in [-0.15, -0.1) is 0 Å². The van der Waals surface area contributed by atoms with Crippen LogP contribution in [-0.4, -0.2) is 55.2 Å². The second-order valence-electron chi connectivity index (χ2n) is 6.95. The highest BCUT2D eigenvalue weighted by molar-refractivity contribution is 5.74. The third kappa shape index (κ3) is 6.00. The number of ether oxygens (including phenoxy) is 1. The van der Waals surface area contributed by atoms with Crippen molar-refractivity contribution in [3.8, 4) is 5.75 Å². The van der Waals surface area contributed by atoms with Gasteiger partial charge in [0.15, 0.2) is 0 Å². The van der Waals surface area contributed by atoms with Gasteiger partial charge in [0.05, 0.1) is 6.61 Å². The molecule has 5 nitrogen and oxygen atoms in total. The molecule has 0 bridgehead atoms. The second kappa shape index (κ2) is 9.97. The average molecular weight is 367 g/mol. The van der Waals surface area contributed by atoms with Crippen LogP contribution in [0.1, 0.15) is 17.5 Å². The summed E-state index contributed by atoms with van der Waals surface area (Å²) in [6, 6.07) is 18.5. The Morgan fingerprint density at radius 1 is 1.00 bits per heavy atom. The summed E-state index contributed by atoms with van der Waals surface area (Å²) in [5.74, 6) is 0.915. The molecule has 0 saturated carbocycles. The van der Waals surface area contributed by atoms with Gasteiger partial charge in [-0.2, -0.15) is 0 Å². The highest BCUT2D eigenvalue weighted by Crippen LogP contribution is 2.16. The minimum absolute atomic E-state index is 0.0326. The predicted octanol–water partition coefficient (Wildman–Crippen LogP) is 3.29. The van der Waals surface area contributed by atoms with Crippen molar-refractivity contribution in [2.24, 2.45) is 0 Å². The molecule has 0 atom stereocenters. The first-order valence-corrected chi connectivity index (χ1v) is 9.70. The van der Waals surface area contributed by atoms with Crippen molar-refractivity contribution in [1.29, 1.82) is 0 Å². The van der Waals surface area contributed by atoms with E-state index in [-0.39, 0.29) is 6.03 Å². The standard InChI is InChI=1S/C22H29N3O2/c1-19-8-5-6-11-21(19)27-17-7-12-23-22(26)25-15-13-24(14-16-25)18-20-9-3-2-4-10-20/h2-6,8-11H,7,12-18H2,1H3,(H,23,26). The van der Waals surface area contributed by atoms with E-state index in [1.54, 1.807) is 0 Å². The maximum atomic E-state index is 12.3. The van der Waals surface area contributed by atoms with E-state index in [1.165, 1.54) is 5.56 Å². The number of benzene rings is 2. The van der Waals surface area contributed by atoms with Crippen molar-refractivity contribution >= 4 is 6.03 Å². The molecule has 1 aliphatic heterocycles. The van der Waals surface area contributed by atoms with Gasteiger partial charge >= 0.3 is 6.03 Å². The third-order valence-corrected chi connectivity index (χ3v) is 4.86. The van der Waals surface area contributed by atoms with Crippen molar-refractivity contribution in [3.63, 3.8) is 0 Å². The Hall–Kier alpha value is -2.53. The number of aryl methyl sites for hydroxylation is 1. The Labute approximate surface area is 161 Å². The van der Waals surface area contributed by atoms with Crippen LogP contribution >= 0.6 is 0 Å². The number of nitrogens with one attached hydrogen (secondary N) is 1. The first kappa shape index (κ1) is 19.2. The average Bonchev–Trinajstić information content (AvgIpc) is 2.70. The first-order chi connectivity index (χ1) is 13.2. The minimum atomic E-state index is 0.0326. The number of carbonyl (C=O) groups excluding carboxylic acids is 1. The molecule has 1 fully saturated rings. The molecule has 144 valence electrons. The number of carbonyl (C=O) groups is 1. The smallest absolute Gasteiger partial charge is 0.317 e. The van der Waals surface area contributed by atoms with Crippen LogP contribution in [0.25, 0.3) is 0 Å². The monoisotopic (exact) mass is 367 g/mol. The van der Waals surface area contributed by atoms with E-state index in [1.807, 2.05) is 42.2 Å². The number of piperazine rings is 1. The lowest BCUT2D eigenvalue weighted by Crippen LogP contribution is -2.51. The molecular formula is C22H29N3O2. The van der Waals surface area contributed by atoms with E-state index < -0.39 is 0 Å². The number of nitrogens with zero attached hydrogens (tertiary/aromatic N) is 2. The van der Waals surface area contributed by atoms with Crippen LogP contribution in [0, 0.1) is 6.92 Å². The van der Waals surface area contributed by atoms with Crippen LogP contribution < -0.4 is 10.1 Å². The van der Waals surface area contributed by atoms with Gasteiger partial charge in [0.1, 0.15) is 5.75 Å². The van der Waals surface area contributed by atoms with Crippen molar-refractivity contribution in [2.75, 3.05) is 39.3 Å². The van der Waals surface area contributed by atoms with Crippen molar-refractivity contribution < 1.29 is 9.53 Å². The zero-order valence-corrected chi connectivity index (χ0v) is 16.1. The summed E-state index contributed by atoms with van der Waals surface area (Å²) in [6.07, 6.45) is 0.800. The molecule has 3 rings (SSSR count). The number of amides is 2. The molecule has 0 aromatic heterocycles. The molecule has 2 aromatic rings. The largest absolute Gasteiger partial charge is 0.493 e. The van der Waals surface area contributed by atoms with Crippen LogP contribution in [0.2, 0.25) is 0 Å². The first-order valence-electron chi connectivity index (χ1n) is 9.70. The number of para-hydroxylation sites is 1. The molecule has 0 aliphatic carbocycles. The normalized spacial score (nSPS) is 14.8. The molecule has 27 heavy (non-hydrogen) atoms. The number of hydrogen-bond acceptors (Lipinski definition) is 3. The van der Waals surface area contributed by atoms with Gasteiger partial charge in [-0.05, 0) is 30.5 Å². The molecule has 0 unspecified atom stereocenters. The summed E-state index contributed by atoms with van der Waals surface area (Å²) in [5, 5.41) is 3.01. The minimum Gasteiger partial charge on any atom is -0.493 e. The number of urea groups is 1. The summed E-state index contributed by atoms with van der Waals surface area (Å²) in [7, 11) is 0. The summed E-state index contributed by atoms with van der Waals surface area (Å²) in [5.41, 5.74) is 2.46. The van der Waals surface area contributed by atoms with E-state index in [2.05, 4.69) is 34.5 Å². The zero-order chi connectivity index (χ0) is 18.9. The van der Waals surface area contributed by atoms with Gasteiger partial charge in [-0.1, -0.05) is 48.5 Å². The lowest BCUT2D eigenvalue weighted by atomic mass is 10.2. The van der Waals surface area contributed by atoms with Gasteiger partial charge in [0.25, 0.3) is 0 Å². The lowest BCUT2D eigenvalue weighted by Gasteiger charge is -2.34. The van der Waals surface area contributed by atoms with Gasteiger partial charge in [0.2, 0.25) is 0 Å². The summed E-state index contributed by atoms with van der Waals surface area (Å²) in [4.78, 5) is 16.6. The van der Waals surface area contributed by atoms with E-state index in [9.17, 15) is 4.79 Å². The second-order valence-corrected chi connectivity index (χ2v) is 6.95. The molecule has 2 amide bonds. The van der Waals surface area contributed by atoms with Crippen LogP contribution in [0.4, 0.5) is 4.79 Å². The molecule has 0 radical (unpaired) electrons. The van der Waals surface area contributed by atoms with Crippen molar-refractivity contribution in [3.05, 3.63) is 65.7 Å². The number of rotatable bonds is 7. The summed E-state index contributed by atoms with van der Waals surface area (Å²) in [6.45, 7) is 7.61. The van der Waals surface area contributed by atoms with Gasteiger partial charge in [-0.3, -0.25) is 4.90 Å². The Bertz CT molecular complexity index is 713. The van der Waals surface area contributed by atoms with Crippen molar-refractivity contribution in [1.82, 2.24) is 15.1 Å². The maximum Gasteiger partial charge on any atom is 0.317 e. The molecular weight excluding hydrogens is 338 g/mol. The maximum absolute atomic E-state index is 12.3. The Balaban J connectivity index is 1.30. The van der Waals surface area contributed by atoms with Crippen molar-refractivity contribution in [2.45, 2.75) is 19.9 Å². The van der Waals surface area contributed by atoms with Crippen LogP contribution in [-0.2, 0) is 6.54 Å². The molecule has 2 aromatic carbocycles. The van der Waals surface area contributed by atoms with Gasteiger partial charge in [-0.25, -0.2) is 4.79 Å². The quantitative estimate of drug-likeness (QED) is 0.764. The van der Waals surface area contributed by atoms with Crippen LogP contribution in [0.5, 0.6) is 5.75 Å². The molecule has 1 saturated heterocycles. The Kier molecular flexibility index (Phi) is 7.11. The third-order valence-electron chi connectivity index (χ3n) is 4.86. The Morgan fingerprint density at radius 3 is 2.44 bits per heavy atom. The van der Waals surface area contributed by atoms with E-state index in [0.29, 0.717) is 13.2 Å². The highest BCUT2D eigenvalue weighted by atomic mass is 16.5. The summed E-state index contributed by atoms with van der Waals surface area (Å²) < 4.78 is 5.76. The fraction of sp³-hybridized carbons (Fsp3) is 0.409. The molecule has 1 N–H and O–H groups in total. The van der Waals surface area contributed by atoms with Crippen LogP contribution in [0.3, 0.4) is 0 Å². The van der Waals surface area contributed by atoms with E-state index in [4.69, 9.17) is 4.74 Å². The van der Waals surface area contributed by atoms with Crippen LogP contribution in [0.15, 0.2) is 54.6 Å². The molecule has 5 heteroatoms.